The predicted octanol–water partition coefficient (Wildman–Crippen LogP) is -0.432. The molecule has 1 aromatic rings. The second-order valence-electron chi connectivity index (χ2n) is 4.21. The summed E-state index contributed by atoms with van der Waals surface area (Å²) in [7, 11) is -4.61. The van der Waals surface area contributed by atoms with Crippen molar-refractivity contribution in [3.05, 3.63) is 24.3 Å². The molecule has 0 aliphatic carbocycles. The van der Waals surface area contributed by atoms with Gasteiger partial charge in [-0.1, -0.05) is 12.1 Å². The van der Waals surface area contributed by atoms with Gasteiger partial charge < -0.3 is 14.8 Å². The van der Waals surface area contributed by atoms with Crippen molar-refractivity contribution in [3.63, 3.8) is 0 Å². The highest BCUT2D eigenvalue weighted by Crippen LogP contribution is 2.08. The standard InChI is InChI=1S/C11H17BO5S/c1-9(2)18(15,16)8-7-17-11-5-3-10(4-6-11)12(13)14/h3-6,9,13-14H,7-8H2,1-2H3. The highest BCUT2D eigenvalue weighted by atomic mass is 32.2. The fourth-order valence-electron chi connectivity index (χ4n) is 1.25. The normalized spacial score (nSPS) is 11.6. The Balaban J connectivity index is 2.50. The molecule has 0 bridgehead atoms. The summed E-state index contributed by atoms with van der Waals surface area (Å²) in [5.41, 5.74) is 0.358. The Kier molecular flexibility index (Phi) is 5.19. The van der Waals surface area contributed by atoms with Crippen LogP contribution in [-0.4, -0.2) is 43.2 Å². The molecule has 0 aliphatic rings. The van der Waals surface area contributed by atoms with Crippen LogP contribution in [0.5, 0.6) is 5.75 Å². The summed E-state index contributed by atoms with van der Waals surface area (Å²) in [4.78, 5) is 0. The van der Waals surface area contributed by atoms with Gasteiger partial charge in [-0.05, 0) is 31.4 Å². The predicted molar refractivity (Wildman–Crippen MR) is 70.7 cm³/mol. The zero-order valence-corrected chi connectivity index (χ0v) is 11.2. The first-order valence-corrected chi connectivity index (χ1v) is 7.35. The van der Waals surface area contributed by atoms with Gasteiger partial charge in [0.2, 0.25) is 0 Å². The van der Waals surface area contributed by atoms with Crippen LogP contribution in [0, 0.1) is 0 Å². The van der Waals surface area contributed by atoms with Gasteiger partial charge in [-0.25, -0.2) is 8.42 Å². The zero-order chi connectivity index (χ0) is 13.8. The molecule has 0 spiro atoms. The highest BCUT2D eigenvalue weighted by Gasteiger charge is 2.16. The molecule has 5 nitrogen and oxygen atoms in total. The van der Waals surface area contributed by atoms with Crippen molar-refractivity contribution in [1.29, 1.82) is 0 Å². The van der Waals surface area contributed by atoms with E-state index in [1.165, 1.54) is 12.1 Å². The molecule has 1 aromatic carbocycles. The zero-order valence-electron chi connectivity index (χ0n) is 10.4. The lowest BCUT2D eigenvalue weighted by Gasteiger charge is -2.09. The van der Waals surface area contributed by atoms with Crippen molar-refractivity contribution >= 4 is 22.4 Å². The Labute approximate surface area is 107 Å². The SMILES string of the molecule is CC(C)S(=O)(=O)CCOc1ccc(B(O)O)cc1. The molecule has 0 heterocycles. The summed E-state index contributed by atoms with van der Waals surface area (Å²) >= 11 is 0. The van der Waals surface area contributed by atoms with Crippen LogP contribution >= 0.6 is 0 Å². The van der Waals surface area contributed by atoms with Crippen LogP contribution in [0.2, 0.25) is 0 Å². The molecule has 100 valence electrons. The maximum absolute atomic E-state index is 11.5. The van der Waals surface area contributed by atoms with E-state index in [1.54, 1.807) is 26.0 Å². The van der Waals surface area contributed by atoms with Gasteiger partial charge in [-0.3, -0.25) is 0 Å². The van der Waals surface area contributed by atoms with Gasteiger partial charge in [0.15, 0.2) is 9.84 Å². The van der Waals surface area contributed by atoms with E-state index in [0.717, 1.165) is 0 Å². The Morgan fingerprint density at radius 1 is 1.22 bits per heavy atom. The number of hydrogen-bond donors (Lipinski definition) is 2. The van der Waals surface area contributed by atoms with Crippen LogP contribution in [0.1, 0.15) is 13.8 Å². The maximum Gasteiger partial charge on any atom is 0.488 e. The molecule has 2 N–H and O–H groups in total. The molecule has 0 aromatic heterocycles. The first-order chi connectivity index (χ1) is 8.33. The molecule has 0 atom stereocenters. The average molecular weight is 272 g/mol. The van der Waals surface area contributed by atoms with Crippen LogP contribution in [0.15, 0.2) is 24.3 Å². The first kappa shape index (κ1) is 15.0. The third-order valence-corrected chi connectivity index (χ3v) is 4.71. The van der Waals surface area contributed by atoms with Crippen LogP contribution in [0.3, 0.4) is 0 Å². The summed E-state index contributed by atoms with van der Waals surface area (Å²) in [5, 5.41) is 17.4. The summed E-state index contributed by atoms with van der Waals surface area (Å²) < 4.78 is 28.3. The lowest BCUT2D eigenvalue weighted by atomic mass is 9.80. The molecule has 18 heavy (non-hydrogen) atoms. The molecule has 7 heteroatoms. The number of rotatable bonds is 6. The van der Waals surface area contributed by atoms with Gasteiger partial charge in [0.05, 0.1) is 11.0 Å². The van der Waals surface area contributed by atoms with Gasteiger partial charge in [-0.15, -0.1) is 0 Å². The number of hydrogen-bond acceptors (Lipinski definition) is 5. The van der Waals surface area contributed by atoms with Crippen molar-refractivity contribution < 1.29 is 23.2 Å². The first-order valence-electron chi connectivity index (χ1n) is 5.63. The quantitative estimate of drug-likeness (QED) is 0.686. The van der Waals surface area contributed by atoms with Crippen molar-refractivity contribution in [2.45, 2.75) is 19.1 Å². The van der Waals surface area contributed by atoms with Crippen LogP contribution < -0.4 is 10.2 Å². The molecule has 0 unspecified atom stereocenters. The van der Waals surface area contributed by atoms with Gasteiger partial charge in [0.25, 0.3) is 0 Å². The second-order valence-corrected chi connectivity index (χ2v) is 6.88. The lowest BCUT2D eigenvalue weighted by molar-refractivity contribution is 0.340. The Hall–Kier alpha value is -1.05. The second kappa shape index (κ2) is 6.22. The summed E-state index contributed by atoms with van der Waals surface area (Å²) in [6.45, 7) is 3.35. The molecule has 0 radical (unpaired) electrons. The molecule has 0 aliphatic heterocycles. The van der Waals surface area contributed by atoms with Crippen LogP contribution in [0.25, 0.3) is 0 Å². The van der Waals surface area contributed by atoms with E-state index >= 15 is 0 Å². The largest absolute Gasteiger partial charge is 0.493 e. The van der Waals surface area contributed by atoms with E-state index in [1.807, 2.05) is 0 Å². The Bertz CT molecular complexity index is 467. The molecule has 0 saturated carbocycles. The lowest BCUT2D eigenvalue weighted by Crippen LogP contribution is -2.29. The van der Waals surface area contributed by atoms with E-state index in [0.29, 0.717) is 11.2 Å². The van der Waals surface area contributed by atoms with E-state index in [2.05, 4.69) is 0 Å². The summed E-state index contributed by atoms with van der Waals surface area (Å²) in [6, 6.07) is 6.15. The molecule has 0 amide bonds. The maximum atomic E-state index is 11.5. The number of benzene rings is 1. The molecular formula is C11H17BO5S. The molecule has 1 rings (SSSR count). The third-order valence-electron chi connectivity index (χ3n) is 2.53. The molecule has 0 fully saturated rings. The monoisotopic (exact) mass is 272 g/mol. The Morgan fingerprint density at radius 2 is 1.78 bits per heavy atom. The third kappa shape index (κ3) is 4.32. The highest BCUT2D eigenvalue weighted by molar-refractivity contribution is 7.91. The summed E-state index contributed by atoms with van der Waals surface area (Å²) in [6.07, 6.45) is 0. The van der Waals surface area contributed by atoms with Crippen LogP contribution in [0.4, 0.5) is 0 Å². The van der Waals surface area contributed by atoms with Crippen LogP contribution in [-0.2, 0) is 9.84 Å². The van der Waals surface area contributed by atoms with Gasteiger partial charge in [0.1, 0.15) is 12.4 Å². The van der Waals surface area contributed by atoms with Crippen molar-refractivity contribution in [2.24, 2.45) is 0 Å². The van der Waals surface area contributed by atoms with E-state index in [4.69, 9.17) is 14.8 Å². The number of sulfone groups is 1. The van der Waals surface area contributed by atoms with Crippen molar-refractivity contribution in [3.8, 4) is 5.75 Å². The van der Waals surface area contributed by atoms with E-state index < -0.39 is 22.2 Å². The fraction of sp³-hybridized carbons (Fsp3) is 0.455. The number of ether oxygens (including phenoxy) is 1. The van der Waals surface area contributed by atoms with E-state index in [9.17, 15) is 8.42 Å². The minimum absolute atomic E-state index is 0.0327. The topological polar surface area (TPSA) is 83.8 Å². The molecular weight excluding hydrogens is 255 g/mol. The van der Waals surface area contributed by atoms with Gasteiger partial charge in [0, 0.05) is 0 Å². The van der Waals surface area contributed by atoms with Crippen molar-refractivity contribution in [1.82, 2.24) is 0 Å². The smallest absolute Gasteiger partial charge is 0.488 e. The Morgan fingerprint density at radius 3 is 2.22 bits per heavy atom. The molecule has 0 saturated heterocycles. The van der Waals surface area contributed by atoms with E-state index in [-0.39, 0.29) is 12.4 Å². The van der Waals surface area contributed by atoms with Gasteiger partial charge >= 0.3 is 7.12 Å². The van der Waals surface area contributed by atoms with Crippen molar-refractivity contribution in [2.75, 3.05) is 12.4 Å². The minimum atomic E-state index is -3.09. The fourth-order valence-corrected chi connectivity index (χ4v) is 2.03. The summed E-state index contributed by atoms with van der Waals surface area (Å²) in [5.74, 6) is 0.466. The van der Waals surface area contributed by atoms with Gasteiger partial charge in [-0.2, -0.15) is 0 Å². The minimum Gasteiger partial charge on any atom is -0.493 e. The average Bonchev–Trinajstić information content (AvgIpc) is 2.29.